The van der Waals surface area contributed by atoms with E-state index in [0.29, 0.717) is 11.4 Å². The normalized spacial score (nSPS) is 21.9. The molecule has 0 bridgehead atoms. The van der Waals surface area contributed by atoms with Gasteiger partial charge in [-0.25, -0.2) is 15.3 Å². The van der Waals surface area contributed by atoms with Crippen LogP contribution < -0.4 is 16.5 Å². The molecule has 0 radical (unpaired) electrons. The van der Waals surface area contributed by atoms with E-state index in [2.05, 4.69) is 22.1 Å². The molecule has 0 amide bonds. The van der Waals surface area contributed by atoms with E-state index in [1.54, 1.807) is 17.9 Å². The molecular formula is C21H28N6O2. The second-order valence-electron chi connectivity index (χ2n) is 7.97. The van der Waals surface area contributed by atoms with Crippen LogP contribution in [-0.2, 0) is 0 Å². The Hall–Kier alpha value is -3.00. The standard InChI is InChI=1S/C21H28N6O2/c1-25(23)13-19(22)16-11-17(16)20-18(21(28)29)12-24-27(20)15-7-5-6-14(10-15)26-8-3-2-4-9-26/h5-7,10,12-13,16-17H,2-4,8-9,11,22-23H2,1H3,(H,28,29)/b19-13-. The second-order valence-corrected chi connectivity index (χ2v) is 7.97. The van der Waals surface area contributed by atoms with Crippen molar-refractivity contribution < 1.29 is 9.90 Å². The number of nitrogens with zero attached hydrogens (tertiary/aromatic N) is 4. The number of benzene rings is 1. The molecule has 2 aliphatic rings. The summed E-state index contributed by atoms with van der Waals surface area (Å²) < 4.78 is 1.76. The summed E-state index contributed by atoms with van der Waals surface area (Å²) >= 11 is 0. The lowest BCUT2D eigenvalue weighted by molar-refractivity contribution is 0.0695. The van der Waals surface area contributed by atoms with Gasteiger partial charge >= 0.3 is 5.97 Å². The SMILES string of the molecule is CN(N)/C=C(\N)C1CC1c1c(C(=O)O)cnn1-c1cccc(N2CCCCC2)c1. The first-order valence-electron chi connectivity index (χ1n) is 10.1. The van der Waals surface area contributed by atoms with Crippen LogP contribution in [0.5, 0.6) is 0 Å². The van der Waals surface area contributed by atoms with Crippen LogP contribution in [0.2, 0.25) is 0 Å². The van der Waals surface area contributed by atoms with Gasteiger partial charge in [0.15, 0.2) is 0 Å². The quantitative estimate of drug-likeness (QED) is 0.507. The van der Waals surface area contributed by atoms with Gasteiger partial charge in [-0.3, -0.25) is 0 Å². The molecule has 5 N–H and O–H groups in total. The highest BCUT2D eigenvalue weighted by atomic mass is 16.4. The maximum Gasteiger partial charge on any atom is 0.339 e. The zero-order valence-corrected chi connectivity index (χ0v) is 16.7. The zero-order chi connectivity index (χ0) is 20.5. The maximum absolute atomic E-state index is 11.8. The van der Waals surface area contributed by atoms with Crippen LogP contribution in [0.25, 0.3) is 5.69 Å². The van der Waals surface area contributed by atoms with Gasteiger partial charge < -0.3 is 20.7 Å². The number of hydrogen-bond donors (Lipinski definition) is 3. The van der Waals surface area contributed by atoms with Crippen LogP contribution >= 0.6 is 0 Å². The van der Waals surface area contributed by atoms with Crippen molar-refractivity contribution in [3.63, 3.8) is 0 Å². The minimum absolute atomic E-state index is 0.0124. The number of aromatic nitrogens is 2. The predicted octanol–water partition coefficient (Wildman–Crippen LogP) is 2.27. The molecule has 8 heteroatoms. The van der Waals surface area contributed by atoms with E-state index in [4.69, 9.17) is 11.6 Å². The van der Waals surface area contributed by atoms with Crippen molar-refractivity contribution in [3.8, 4) is 5.69 Å². The Morgan fingerprint density at radius 1 is 1.28 bits per heavy atom. The fourth-order valence-corrected chi connectivity index (χ4v) is 4.26. The molecule has 1 aromatic carbocycles. The van der Waals surface area contributed by atoms with Gasteiger partial charge in [0.05, 0.1) is 17.6 Å². The molecule has 1 saturated carbocycles. The number of carbonyl (C=O) groups is 1. The number of hydrogen-bond acceptors (Lipinski definition) is 6. The predicted molar refractivity (Wildman–Crippen MR) is 112 cm³/mol. The van der Waals surface area contributed by atoms with E-state index in [0.717, 1.165) is 30.9 Å². The van der Waals surface area contributed by atoms with Crippen molar-refractivity contribution in [2.75, 3.05) is 25.0 Å². The molecule has 2 fully saturated rings. The van der Waals surface area contributed by atoms with Crippen molar-refractivity contribution in [3.05, 3.63) is 53.6 Å². The Morgan fingerprint density at radius 2 is 2.00 bits per heavy atom. The smallest absolute Gasteiger partial charge is 0.339 e. The largest absolute Gasteiger partial charge is 0.478 e. The third-order valence-electron chi connectivity index (χ3n) is 5.75. The fraction of sp³-hybridized carbons (Fsp3) is 0.429. The molecule has 2 atom stereocenters. The third kappa shape index (κ3) is 3.93. The van der Waals surface area contributed by atoms with Gasteiger partial charge in [0, 0.05) is 49.6 Å². The van der Waals surface area contributed by atoms with Crippen LogP contribution in [0.15, 0.2) is 42.4 Å². The highest BCUT2D eigenvalue weighted by molar-refractivity contribution is 5.89. The van der Waals surface area contributed by atoms with Crippen molar-refractivity contribution in [1.29, 1.82) is 0 Å². The summed E-state index contributed by atoms with van der Waals surface area (Å²) in [4.78, 5) is 14.2. The van der Waals surface area contributed by atoms with Gasteiger partial charge in [-0.15, -0.1) is 0 Å². The average Bonchev–Trinajstić information content (AvgIpc) is 3.38. The summed E-state index contributed by atoms with van der Waals surface area (Å²) in [6.45, 7) is 2.10. The molecule has 29 heavy (non-hydrogen) atoms. The first-order chi connectivity index (χ1) is 14.0. The third-order valence-corrected chi connectivity index (χ3v) is 5.75. The lowest BCUT2D eigenvalue weighted by Gasteiger charge is -2.29. The van der Waals surface area contributed by atoms with Gasteiger partial charge in [0.2, 0.25) is 0 Å². The molecule has 1 saturated heterocycles. The summed E-state index contributed by atoms with van der Waals surface area (Å²) in [5.74, 6) is 4.78. The molecule has 1 aromatic heterocycles. The van der Waals surface area contributed by atoms with E-state index in [-0.39, 0.29) is 17.4 Å². The molecule has 2 aromatic rings. The van der Waals surface area contributed by atoms with Crippen molar-refractivity contribution >= 4 is 11.7 Å². The number of nitrogens with two attached hydrogens (primary N) is 2. The molecule has 154 valence electrons. The topological polar surface area (TPSA) is 114 Å². The number of piperidine rings is 1. The minimum atomic E-state index is -0.970. The number of rotatable bonds is 6. The molecule has 1 aliphatic heterocycles. The van der Waals surface area contributed by atoms with Gasteiger partial charge in [0.25, 0.3) is 0 Å². The average molecular weight is 396 g/mol. The van der Waals surface area contributed by atoms with Crippen LogP contribution in [-0.4, -0.2) is 46.0 Å². The van der Waals surface area contributed by atoms with E-state index in [1.807, 2.05) is 12.1 Å². The van der Waals surface area contributed by atoms with Crippen molar-refractivity contribution in [2.45, 2.75) is 31.6 Å². The highest BCUT2D eigenvalue weighted by Crippen LogP contribution is 2.51. The van der Waals surface area contributed by atoms with Crippen LogP contribution in [0.4, 0.5) is 5.69 Å². The minimum Gasteiger partial charge on any atom is -0.478 e. The molecular weight excluding hydrogens is 368 g/mol. The molecule has 4 rings (SSSR count). The Bertz CT molecular complexity index is 929. The van der Waals surface area contributed by atoms with Gasteiger partial charge in [-0.2, -0.15) is 5.10 Å². The first kappa shape index (κ1) is 19.3. The number of carboxylic acid groups (broad SMARTS) is 1. The summed E-state index contributed by atoms with van der Waals surface area (Å²) in [6, 6.07) is 8.18. The molecule has 1 aliphatic carbocycles. The molecule has 2 heterocycles. The van der Waals surface area contributed by atoms with E-state index in [1.165, 1.54) is 30.5 Å². The number of allylic oxidation sites excluding steroid dienone is 1. The van der Waals surface area contributed by atoms with Crippen LogP contribution in [0, 0.1) is 5.92 Å². The molecule has 0 spiro atoms. The first-order valence-corrected chi connectivity index (χ1v) is 10.1. The molecule has 8 nitrogen and oxygen atoms in total. The van der Waals surface area contributed by atoms with Gasteiger partial charge in [0.1, 0.15) is 5.56 Å². The zero-order valence-electron chi connectivity index (χ0n) is 16.7. The summed E-state index contributed by atoms with van der Waals surface area (Å²) in [6.07, 6.45) is 7.58. The van der Waals surface area contributed by atoms with E-state index in [9.17, 15) is 9.90 Å². The summed E-state index contributed by atoms with van der Waals surface area (Å²) in [5.41, 5.74) is 9.79. The number of anilines is 1. The Kier molecular flexibility index (Phi) is 5.19. The van der Waals surface area contributed by atoms with E-state index < -0.39 is 5.97 Å². The second kappa shape index (κ2) is 7.79. The van der Waals surface area contributed by atoms with Crippen molar-refractivity contribution in [2.24, 2.45) is 17.5 Å². The lowest BCUT2D eigenvalue weighted by Crippen LogP contribution is -2.29. The summed E-state index contributed by atoms with van der Waals surface area (Å²) in [5, 5.41) is 15.5. The Balaban J connectivity index is 1.68. The lowest BCUT2D eigenvalue weighted by atomic mass is 10.1. The number of hydrazine groups is 1. The Morgan fingerprint density at radius 3 is 2.69 bits per heavy atom. The molecule has 2 unspecified atom stereocenters. The van der Waals surface area contributed by atoms with E-state index >= 15 is 0 Å². The fourth-order valence-electron chi connectivity index (χ4n) is 4.26. The number of aromatic carboxylic acids is 1. The van der Waals surface area contributed by atoms with Crippen LogP contribution in [0.3, 0.4) is 0 Å². The van der Waals surface area contributed by atoms with Gasteiger partial charge in [-0.1, -0.05) is 6.07 Å². The number of carboxylic acids is 1. The van der Waals surface area contributed by atoms with Crippen molar-refractivity contribution in [1.82, 2.24) is 14.8 Å². The van der Waals surface area contributed by atoms with Crippen LogP contribution in [0.1, 0.15) is 47.7 Å². The van der Waals surface area contributed by atoms with Gasteiger partial charge in [-0.05, 0) is 43.9 Å². The maximum atomic E-state index is 11.8. The summed E-state index contributed by atoms with van der Waals surface area (Å²) in [7, 11) is 1.71. The Labute approximate surface area is 170 Å². The highest BCUT2D eigenvalue weighted by Gasteiger charge is 2.45. The monoisotopic (exact) mass is 396 g/mol.